The molecule has 0 saturated heterocycles. The van der Waals surface area contributed by atoms with E-state index in [1.54, 1.807) is 6.92 Å². The summed E-state index contributed by atoms with van der Waals surface area (Å²) >= 11 is 0. The standard InChI is InChI=1S/C9H13NO4/c1-2-5-9(14,6-11)10-7(12)3-4-8(10)13/h3-4,11,14H,2,5-6H2,1H3. The predicted octanol–water partition coefficient (Wildman–Crippen LogP) is -0.608. The number of carbonyl (C=O) groups excluding carboxylic acids is 2. The molecule has 0 aliphatic carbocycles. The van der Waals surface area contributed by atoms with Gasteiger partial charge in [-0.2, -0.15) is 0 Å². The van der Waals surface area contributed by atoms with Gasteiger partial charge < -0.3 is 10.2 Å². The molecule has 1 unspecified atom stereocenters. The molecule has 0 aromatic heterocycles. The van der Waals surface area contributed by atoms with E-state index in [2.05, 4.69) is 0 Å². The number of hydrogen-bond donors (Lipinski definition) is 2. The van der Waals surface area contributed by atoms with Crippen molar-refractivity contribution in [3.8, 4) is 0 Å². The number of imide groups is 1. The minimum absolute atomic E-state index is 0.169. The van der Waals surface area contributed by atoms with Crippen LogP contribution < -0.4 is 0 Å². The molecule has 78 valence electrons. The van der Waals surface area contributed by atoms with E-state index in [4.69, 9.17) is 5.11 Å². The van der Waals surface area contributed by atoms with Crippen molar-refractivity contribution in [3.05, 3.63) is 12.2 Å². The van der Waals surface area contributed by atoms with Gasteiger partial charge in [0.05, 0.1) is 6.61 Å². The highest BCUT2D eigenvalue weighted by molar-refractivity contribution is 6.13. The monoisotopic (exact) mass is 199 g/mol. The minimum Gasteiger partial charge on any atom is -0.391 e. The van der Waals surface area contributed by atoms with E-state index in [1.807, 2.05) is 0 Å². The highest BCUT2D eigenvalue weighted by Gasteiger charge is 2.41. The van der Waals surface area contributed by atoms with Gasteiger partial charge in [-0.1, -0.05) is 13.3 Å². The maximum atomic E-state index is 11.2. The molecule has 0 radical (unpaired) electrons. The van der Waals surface area contributed by atoms with Gasteiger partial charge in [-0.05, 0) is 6.42 Å². The Labute approximate surface area is 81.6 Å². The first-order valence-electron chi connectivity index (χ1n) is 4.44. The summed E-state index contributed by atoms with van der Waals surface area (Å²) in [6.45, 7) is 1.15. The molecule has 0 saturated carbocycles. The molecule has 1 atom stereocenters. The summed E-state index contributed by atoms with van der Waals surface area (Å²) < 4.78 is 0. The van der Waals surface area contributed by atoms with Crippen LogP contribution in [0.1, 0.15) is 19.8 Å². The van der Waals surface area contributed by atoms with E-state index in [1.165, 1.54) is 0 Å². The lowest BCUT2D eigenvalue weighted by Gasteiger charge is -2.33. The van der Waals surface area contributed by atoms with Crippen molar-refractivity contribution < 1.29 is 19.8 Å². The average molecular weight is 199 g/mol. The third-order valence-corrected chi connectivity index (χ3v) is 2.13. The van der Waals surface area contributed by atoms with Gasteiger partial charge in [0.2, 0.25) is 0 Å². The molecule has 1 heterocycles. The summed E-state index contributed by atoms with van der Waals surface area (Å²) in [6.07, 6.45) is 2.90. The predicted molar refractivity (Wildman–Crippen MR) is 47.9 cm³/mol. The SMILES string of the molecule is CCCC(O)(CO)N1C(=O)C=CC1=O. The van der Waals surface area contributed by atoms with Crippen molar-refractivity contribution in [2.24, 2.45) is 0 Å². The van der Waals surface area contributed by atoms with Crippen LogP contribution >= 0.6 is 0 Å². The molecule has 1 rings (SSSR count). The van der Waals surface area contributed by atoms with Crippen LogP contribution in [0, 0.1) is 0 Å². The van der Waals surface area contributed by atoms with Crippen molar-refractivity contribution in [3.63, 3.8) is 0 Å². The molecular formula is C9H13NO4. The molecule has 0 fully saturated rings. The van der Waals surface area contributed by atoms with Crippen LogP contribution in [0.15, 0.2) is 12.2 Å². The first kappa shape index (κ1) is 10.9. The number of rotatable bonds is 4. The van der Waals surface area contributed by atoms with E-state index >= 15 is 0 Å². The second kappa shape index (κ2) is 3.89. The molecule has 2 N–H and O–H groups in total. The summed E-state index contributed by atoms with van der Waals surface area (Å²) in [5.41, 5.74) is -1.76. The Morgan fingerprint density at radius 1 is 1.36 bits per heavy atom. The fourth-order valence-corrected chi connectivity index (χ4v) is 1.47. The van der Waals surface area contributed by atoms with Gasteiger partial charge in [0.1, 0.15) is 0 Å². The van der Waals surface area contributed by atoms with Crippen molar-refractivity contribution in [2.75, 3.05) is 6.61 Å². The van der Waals surface area contributed by atoms with Gasteiger partial charge in [0.15, 0.2) is 5.72 Å². The highest BCUT2D eigenvalue weighted by atomic mass is 16.4. The minimum atomic E-state index is -1.76. The highest BCUT2D eigenvalue weighted by Crippen LogP contribution is 2.22. The zero-order valence-electron chi connectivity index (χ0n) is 7.93. The van der Waals surface area contributed by atoms with E-state index in [9.17, 15) is 14.7 Å². The van der Waals surface area contributed by atoms with E-state index < -0.39 is 24.1 Å². The summed E-state index contributed by atoms with van der Waals surface area (Å²) in [5.74, 6) is -1.17. The van der Waals surface area contributed by atoms with E-state index in [0.717, 1.165) is 12.2 Å². The molecule has 5 nitrogen and oxygen atoms in total. The molecule has 1 aliphatic heterocycles. The first-order valence-corrected chi connectivity index (χ1v) is 4.44. The Balaban J connectivity index is 2.89. The number of aliphatic hydroxyl groups excluding tert-OH is 1. The van der Waals surface area contributed by atoms with Crippen LogP contribution in [0.2, 0.25) is 0 Å². The third kappa shape index (κ3) is 1.69. The molecule has 0 spiro atoms. The van der Waals surface area contributed by atoms with E-state index in [-0.39, 0.29) is 6.42 Å². The van der Waals surface area contributed by atoms with Crippen LogP contribution in [0.5, 0.6) is 0 Å². The van der Waals surface area contributed by atoms with Gasteiger partial charge in [0.25, 0.3) is 11.8 Å². The Bertz CT molecular complexity index is 269. The smallest absolute Gasteiger partial charge is 0.256 e. The molecule has 0 aromatic rings. The number of carbonyl (C=O) groups is 2. The lowest BCUT2D eigenvalue weighted by molar-refractivity contribution is -0.174. The summed E-state index contributed by atoms with van der Waals surface area (Å²) in [4.78, 5) is 23.1. The lowest BCUT2D eigenvalue weighted by atomic mass is 10.1. The van der Waals surface area contributed by atoms with Gasteiger partial charge in [-0.15, -0.1) is 0 Å². The largest absolute Gasteiger partial charge is 0.391 e. The summed E-state index contributed by atoms with van der Waals surface area (Å²) in [6, 6.07) is 0. The second-order valence-electron chi connectivity index (χ2n) is 3.24. The van der Waals surface area contributed by atoms with Crippen molar-refractivity contribution in [2.45, 2.75) is 25.5 Å². The zero-order valence-corrected chi connectivity index (χ0v) is 7.93. The molecule has 0 bridgehead atoms. The summed E-state index contributed by atoms with van der Waals surface area (Å²) in [5, 5.41) is 18.8. The molecule has 2 amide bonds. The van der Waals surface area contributed by atoms with E-state index in [0.29, 0.717) is 11.3 Å². The second-order valence-corrected chi connectivity index (χ2v) is 3.24. The molecule has 0 aromatic carbocycles. The number of aliphatic hydroxyl groups is 2. The average Bonchev–Trinajstić information content (AvgIpc) is 2.47. The molecule has 5 heteroatoms. The normalized spacial score (nSPS) is 20.4. The number of amides is 2. The van der Waals surface area contributed by atoms with Gasteiger partial charge in [-0.25, -0.2) is 4.90 Å². The number of nitrogens with zero attached hydrogens (tertiary/aromatic N) is 1. The molecular weight excluding hydrogens is 186 g/mol. The van der Waals surface area contributed by atoms with Crippen LogP contribution in [0.3, 0.4) is 0 Å². The van der Waals surface area contributed by atoms with Crippen LogP contribution in [0.4, 0.5) is 0 Å². The lowest BCUT2D eigenvalue weighted by Crippen LogP contribution is -2.54. The molecule has 1 aliphatic rings. The van der Waals surface area contributed by atoms with Crippen molar-refractivity contribution >= 4 is 11.8 Å². The van der Waals surface area contributed by atoms with Crippen LogP contribution in [-0.4, -0.2) is 39.3 Å². The fourth-order valence-electron chi connectivity index (χ4n) is 1.47. The quantitative estimate of drug-likeness (QED) is 0.592. The number of hydrogen-bond acceptors (Lipinski definition) is 4. The Morgan fingerprint density at radius 2 is 1.86 bits per heavy atom. The zero-order chi connectivity index (χ0) is 10.8. The van der Waals surface area contributed by atoms with Crippen LogP contribution in [-0.2, 0) is 9.59 Å². The van der Waals surface area contributed by atoms with Gasteiger partial charge in [0, 0.05) is 12.2 Å². The Morgan fingerprint density at radius 3 is 2.21 bits per heavy atom. The summed E-state index contributed by atoms with van der Waals surface area (Å²) in [7, 11) is 0. The van der Waals surface area contributed by atoms with Crippen molar-refractivity contribution in [1.82, 2.24) is 4.90 Å². The third-order valence-electron chi connectivity index (χ3n) is 2.13. The van der Waals surface area contributed by atoms with Gasteiger partial charge in [-0.3, -0.25) is 9.59 Å². The van der Waals surface area contributed by atoms with Gasteiger partial charge >= 0.3 is 0 Å². The Hall–Kier alpha value is -1.20. The van der Waals surface area contributed by atoms with Crippen LogP contribution in [0.25, 0.3) is 0 Å². The maximum absolute atomic E-state index is 11.2. The Kier molecular flexibility index (Phi) is 3.03. The van der Waals surface area contributed by atoms with Crippen molar-refractivity contribution in [1.29, 1.82) is 0 Å². The molecule has 14 heavy (non-hydrogen) atoms. The maximum Gasteiger partial charge on any atom is 0.256 e. The topological polar surface area (TPSA) is 77.8 Å². The first-order chi connectivity index (χ1) is 6.55. The fraction of sp³-hybridized carbons (Fsp3) is 0.556.